The van der Waals surface area contributed by atoms with Crippen molar-refractivity contribution in [2.24, 2.45) is 0 Å². The predicted octanol–water partition coefficient (Wildman–Crippen LogP) is 4.57. The van der Waals surface area contributed by atoms with Crippen LogP contribution in [-0.2, 0) is 9.53 Å². The second kappa shape index (κ2) is 9.21. The fraction of sp³-hybridized carbons (Fsp3) is 0.292. The number of alkyl carbamates (subject to hydrolysis) is 1. The predicted molar refractivity (Wildman–Crippen MR) is 120 cm³/mol. The molecule has 3 amide bonds. The van der Waals surface area contributed by atoms with Gasteiger partial charge in [0.15, 0.2) is 0 Å². The average molecular weight is 439 g/mol. The van der Waals surface area contributed by atoms with Crippen LogP contribution < -0.4 is 15.5 Å². The first-order valence-electron chi connectivity index (χ1n) is 10.2. The van der Waals surface area contributed by atoms with Crippen LogP contribution >= 0.6 is 0 Å². The molecular weight excluding hydrogens is 413 g/mol. The van der Waals surface area contributed by atoms with Crippen molar-refractivity contribution >= 4 is 29.3 Å². The smallest absolute Gasteiger partial charge is 0.408 e. The number of fused-ring (bicyclic) bond motifs is 1. The summed E-state index contributed by atoms with van der Waals surface area (Å²) in [4.78, 5) is 38.3. The number of nitrogens with zero attached hydrogens (tertiary/aromatic N) is 1. The van der Waals surface area contributed by atoms with E-state index in [-0.39, 0.29) is 18.4 Å². The van der Waals surface area contributed by atoms with Gasteiger partial charge in [-0.25, -0.2) is 9.18 Å². The molecule has 0 bridgehead atoms. The number of rotatable bonds is 4. The number of nitrogens with one attached hydrogen (secondary N) is 2. The maximum absolute atomic E-state index is 14.1. The van der Waals surface area contributed by atoms with Crippen LogP contribution in [0.15, 0.2) is 55.1 Å². The van der Waals surface area contributed by atoms with Crippen molar-refractivity contribution in [3.05, 3.63) is 72.1 Å². The van der Waals surface area contributed by atoms with Gasteiger partial charge in [0.2, 0.25) is 5.91 Å². The first kappa shape index (κ1) is 23.0. The van der Waals surface area contributed by atoms with E-state index in [1.807, 2.05) is 0 Å². The van der Waals surface area contributed by atoms with Crippen molar-refractivity contribution in [1.82, 2.24) is 5.32 Å². The van der Waals surface area contributed by atoms with Gasteiger partial charge in [0.05, 0.1) is 11.7 Å². The van der Waals surface area contributed by atoms with Crippen LogP contribution in [0.2, 0.25) is 0 Å². The zero-order chi connectivity index (χ0) is 23.5. The Morgan fingerprint density at radius 1 is 1.16 bits per heavy atom. The molecule has 7 nitrogen and oxygen atoms in total. The summed E-state index contributed by atoms with van der Waals surface area (Å²) in [6.45, 7) is 8.99. The summed E-state index contributed by atoms with van der Waals surface area (Å²) in [5.74, 6) is -1.15. The number of amides is 3. The van der Waals surface area contributed by atoms with Crippen LogP contribution in [0.5, 0.6) is 0 Å². The fourth-order valence-electron chi connectivity index (χ4n) is 3.44. The van der Waals surface area contributed by atoms with Crippen molar-refractivity contribution in [2.45, 2.75) is 38.8 Å². The van der Waals surface area contributed by atoms with Crippen LogP contribution in [0.4, 0.5) is 20.6 Å². The lowest BCUT2D eigenvalue weighted by Crippen LogP contribution is -2.42. The summed E-state index contributed by atoms with van der Waals surface area (Å²) >= 11 is 0. The molecule has 0 aromatic heterocycles. The van der Waals surface area contributed by atoms with E-state index in [2.05, 4.69) is 17.2 Å². The van der Waals surface area contributed by atoms with E-state index < -0.39 is 23.6 Å². The van der Waals surface area contributed by atoms with Crippen molar-refractivity contribution in [1.29, 1.82) is 0 Å². The highest BCUT2D eigenvalue weighted by Gasteiger charge is 2.31. The van der Waals surface area contributed by atoms with Crippen LogP contribution in [0.3, 0.4) is 0 Å². The molecule has 0 spiro atoms. The second-order valence-electron chi connectivity index (χ2n) is 8.42. The minimum atomic E-state index is -0.649. The third kappa shape index (κ3) is 5.51. The molecular formula is C24H26FN3O4. The largest absolute Gasteiger partial charge is 0.444 e. The molecule has 0 radical (unpaired) electrons. The lowest BCUT2D eigenvalue weighted by atomic mass is 9.95. The molecule has 2 aromatic rings. The summed E-state index contributed by atoms with van der Waals surface area (Å²) < 4.78 is 19.4. The van der Waals surface area contributed by atoms with Gasteiger partial charge in [0.25, 0.3) is 5.91 Å². The Balaban J connectivity index is 1.82. The SMILES string of the molecule is C=CC(=O)Nc1ccc(C(=O)N2CCC(NC(=O)OC(C)(C)C)c3ccc(F)cc32)cc1. The molecule has 32 heavy (non-hydrogen) atoms. The number of hydrogen-bond acceptors (Lipinski definition) is 4. The summed E-state index contributed by atoms with van der Waals surface area (Å²) in [5, 5.41) is 5.43. The Labute approximate surface area is 186 Å². The zero-order valence-electron chi connectivity index (χ0n) is 18.3. The summed E-state index contributed by atoms with van der Waals surface area (Å²) in [7, 11) is 0. The summed E-state index contributed by atoms with van der Waals surface area (Å²) in [6, 6.07) is 10.1. The molecule has 1 atom stereocenters. The summed E-state index contributed by atoms with van der Waals surface area (Å²) in [5.41, 5.74) is 1.29. The number of benzene rings is 2. The monoisotopic (exact) mass is 439 g/mol. The van der Waals surface area contributed by atoms with Gasteiger partial charge >= 0.3 is 6.09 Å². The van der Waals surface area contributed by atoms with E-state index in [1.54, 1.807) is 51.1 Å². The number of anilines is 2. The van der Waals surface area contributed by atoms with Crippen LogP contribution in [0.1, 0.15) is 49.2 Å². The van der Waals surface area contributed by atoms with Crippen molar-refractivity contribution in [2.75, 3.05) is 16.8 Å². The Hall–Kier alpha value is -3.68. The van der Waals surface area contributed by atoms with E-state index in [9.17, 15) is 18.8 Å². The zero-order valence-corrected chi connectivity index (χ0v) is 18.3. The van der Waals surface area contributed by atoms with Crippen molar-refractivity contribution < 1.29 is 23.5 Å². The Bertz CT molecular complexity index is 1040. The van der Waals surface area contributed by atoms with Gasteiger partial charge in [-0.1, -0.05) is 12.6 Å². The summed E-state index contributed by atoms with van der Waals surface area (Å²) in [6.07, 6.45) is 1.02. The van der Waals surface area contributed by atoms with Crippen LogP contribution in [0.25, 0.3) is 0 Å². The van der Waals surface area contributed by atoms with Gasteiger partial charge in [-0.3, -0.25) is 9.59 Å². The van der Waals surface area contributed by atoms with Gasteiger partial charge in [0, 0.05) is 17.8 Å². The molecule has 2 N–H and O–H groups in total. The molecule has 3 rings (SSSR count). The molecule has 0 saturated heterocycles. The van der Waals surface area contributed by atoms with Crippen LogP contribution in [-0.4, -0.2) is 30.1 Å². The standard InChI is InChI=1S/C24H26FN3O4/c1-5-21(29)26-17-9-6-15(7-10-17)22(30)28-13-12-19(27-23(31)32-24(2,3)4)18-11-8-16(25)14-20(18)28/h5-11,14,19H,1,12-13H2,2-4H3,(H,26,29)(H,27,31). The number of carbonyl (C=O) groups is 3. The van der Waals surface area contributed by atoms with Gasteiger partial charge < -0.3 is 20.3 Å². The lowest BCUT2D eigenvalue weighted by Gasteiger charge is -2.35. The van der Waals surface area contributed by atoms with Gasteiger partial charge in [-0.05, 0) is 75.2 Å². The number of ether oxygens (including phenoxy) is 1. The lowest BCUT2D eigenvalue weighted by molar-refractivity contribution is -0.111. The second-order valence-corrected chi connectivity index (χ2v) is 8.42. The molecule has 168 valence electrons. The Kier molecular flexibility index (Phi) is 6.62. The highest BCUT2D eigenvalue weighted by molar-refractivity contribution is 6.07. The fourth-order valence-corrected chi connectivity index (χ4v) is 3.44. The number of hydrogen-bond donors (Lipinski definition) is 2. The first-order valence-corrected chi connectivity index (χ1v) is 10.2. The molecule has 0 saturated carbocycles. The maximum atomic E-state index is 14.1. The minimum Gasteiger partial charge on any atom is -0.444 e. The highest BCUT2D eigenvalue weighted by Crippen LogP contribution is 2.35. The first-order chi connectivity index (χ1) is 15.1. The number of halogens is 1. The van der Waals surface area contributed by atoms with Gasteiger partial charge in [0.1, 0.15) is 11.4 Å². The Morgan fingerprint density at radius 3 is 2.47 bits per heavy atom. The maximum Gasteiger partial charge on any atom is 0.408 e. The minimum absolute atomic E-state index is 0.282. The third-order valence-electron chi connectivity index (χ3n) is 4.82. The molecule has 1 aliphatic rings. The van der Waals surface area contributed by atoms with Gasteiger partial charge in [-0.15, -0.1) is 0 Å². The van der Waals surface area contributed by atoms with Crippen LogP contribution in [0, 0.1) is 5.82 Å². The van der Waals surface area contributed by atoms with E-state index in [4.69, 9.17) is 4.74 Å². The molecule has 2 aromatic carbocycles. The molecule has 1 unspecified atom stereocenters. The molecule has 0 aliphatic carbocycles. The van der Waals surface area contributed by atoms with Crippen molar-refractivity contribution in [3.63, 3.8) is 0 Å². The number of carbonyl (C=O) groups excluding carboxylic acids is 3. The highest BCUT2D eigenvalue weighted by atomic mass is 19.1. The van der Waals surface area contributed by atoms with E-state index in [1.165, 1.54) is 17.0 Å². The van der Waals surface area contributed by atoms with E-state index in [0.717, 1.165) is 6.08 Å². The Morgan fingerprint density at radius 2 is 1.84 bits per heavy atom. The van der Waals surface area contributed by atoms with E-state index >= 15 is 0 Å². The molecule has 0 fully saturated rings. The normalized spacial score (nSPS) is 15.4. The topological polar surface area (TPSA) is 87.7 Å². The average Bonchev–Trinajstić information content (AvgIpc) is 2.72. The van der Waals surface area contributed by atoms with E-state index in [0.29, 0.717) is 28.9 Å². The third-order valence-corrected chi connectivity index (χ3v) is 4.82. The molecule has 1 heterocycles. The molecule has 8 heteroatoms. The quantitative estimate of drug-likeness (QED) is 0.684. The van der Waals surface area contributed by atoms with Crippen molar-refractivity contribution in [3.8, 4) is 0 Å². The molecule has 1 aliphatic heterocycles. The van der Waals surface area contributed by atoms with Gasteiger partial charge in [-0.2, -0.15) is 0 Å².